The maximum absolute atomic E-state index is 2.59. The minimum absolute atomic E-state index is 0.592. The van der Waals surface area contributed by atoms with Crippen LogP contribution >= 0.6 is 0 Å². The van der Waals surface area contributed by atoms with E-state index in [1.54, 1.807) is 0 Å². The highest BCUT2D eigenvalue weighted by molar-refractivity contribution is 4.91. The van der Waals surface area contributed by atoms with Crippen molar-refractivity contribution in [3.05, 3.63) is 0 Å². The van der Waals surface area contributed by atoms with E-state index in [1.807, 2.05) is 0 Å². The first-order chi connectivity index (χ1) is 8.01. The molecule has 2 aliphatic rings. The van der Waals surface area contributed by atoms with E-state index in [4.69, 9.17) is 0 Å². The van der Waals surface area contributed by atoms with E-state index in [9.17, 15) is 0 Å². The second-order valence-electron chi connectivity index (χ2n) is 7.66. The van der Waals surface area contributed by atoms with Crippen molar-refractivity contribution in [2.24, 2.45) is 29.1 Å². The highest BCUT2D eigenvalue weighted by Gasteiger charge is 2.41. The lowest BCUT2D eigenvalue weighted by Crippen LogP contribution is -2.40. The zero-order chi connectivity index (χ0) is 12.5. The van der Waals surface area contributed by atoms with Gasteiger partial charge in [-0.1, -0.05) is 59.8 Å². The number of rotatable bonds is 2. The molecule has 2 fully saturated rings. The van der Waals surface area contributed by atoms with Crippen molar-refractivity contribution in [2.75, 3.05) is 0 Å². The monoisotopic (exact) mass is 236 g/mol. The number of hydrogen-bond acceptors (Lipinski definition) is 0. The minimum atomic E-state index is 0.592. The molecule has 0 aromatic heterocycles. The van der Waals surface area contributed by atoms with Gasteiger partial charge in [0.1, 0.15) is 0 Å². The third-order valence-electron chi connectivity index (χ3n) is 6.07. The highest BCUT2D eigenvalue weighted by Crippen LogP contribution is 2.51. The SMILES string of the molecule is CC1CCC(C)C(C(C)(C)C2CCCCC2)C1. The van der Waals surface area contributed by atoms with Crippen LogP contribution in [-0.2, 0) is 0 Å². The second-order valence-corrected chi connectivity index (χ2v) is 7.66. The van der Waals surface area contributed by atoms with Gasteiger partial charge in [0.05, 0.1) is 0 Å². The van der Waals surface area contributed by atoms with Crippen LogP contribution in [0.1, 0.15) is 79.1 Å². The number of hydrogen-bond donors (Lipinski definition) is 0. The third kappa shape index (κ3) is 2.88. The van der Waals surface area contributed by atoms with Crippen LogP contribution < -0.4 is 0 Å². The first-order valence-corrected chi connectivity index (χ1v) is 8.01. The van der Waals surface area contributed by atoms with E-state index in [1.165, 1.54) is 51.4 Å². The molecule has 100 valence electrons. The van der Waals surface area contributed by atoms with E-state index < -0.39 is 0 Å². The highest BCUT2D eigenvalue weighted by atomic mass is 14.5. The van der Waals surface area contributed by atoms with Crippen LogP contribution in [0, 0.1) is 29.1 Å². The summed E-state index contributed by atoms with van der Waals surface area (Å²) in [5.41, 5.74) is 0.592. The van der Waals surface area contributed by atoms with Gasteiger partial charge in [-0.15, -0.1) is 0 Å². The standard InChI is InChI=1S/C17H32/c1-13-10-11-14(2)16(12-13)17(3,4)15-8-6-5-7-9-15/h13-16H,5-12H2,1-4H3. The van der Waals surface area contributed by atoms with Gasteiger partial charge in [0.15, 0.2) is 0 Å². The lowest BCUT2D eigenvalue weighted by atomic mass is 9.57. The molecule has 3 unspecified atom stereocenters. The molecule has 2 saturated carbocycles. The first kappa shape index (κ1) is 13.4. The molecule has 0 radical (unpaired) electrons. The summed E-state index contributed by atoms with van der Waals surface area (Å²) in [4.78, 5) is 0. The van der Waals surface area contributed by atoms with Crippen molar-refractivity contribution in [1.82, 2.24) is 0 Å². The normalized spacial score (nSPS) is 37.1. The Morgan fingerprint density at radius 1 is 0.824 bits per heavy atom. The van der Waals surface area contributed by atoms with Gasteiger partial charge in [0.2, 0.25) is 0 Å². The fraction of sp³-hybridized carbons (Fsp3) is 1.00. The van der Waals surface area contributed by atoms with Gasteiger partial charge in [-0.05, 0) is 48.3 Å². The van der Waals surface area contributed by atoms with Crippen molar-refractivity contribution >= 4 is 0 Å². The molecule has 17 heavy (non-hydrogen) atoms. The van der Waals surface area contributed by atoms with Crippen molar-refractivity contribution in [3.63, 3.8) is 0 Å². The van der Waals surface area contributed by atoms with Crippen molar-refractivity contribution in [1.29, 1.82) is 0 Å². The predicted molar refractivity (Wildman–Crippen MR) is 76.0 cm³/mol. The smallest absolute Gasteiger partial charge is 0.0295 e. The van der Waals surface area contributed by atoms with E-state index in [0.29, 0.717) is 5.41 Å². The van der Waals surface area contributed by atoms with Crippen LogP contribution in [0.25, 0.3) is 0 Å². The Morgan fingerprint density at radius 3 is 2.12 bits per heavy atom. The topological polar surface area (TPSA) is 0 Å². The summed E-state index contributed by atoms with van der Waals surface area (Å²) in [6.07, 6.45) is 11.9. The largest absolute Gasteiger partial charge is 0.0625 e. The molecule has 0 saturated heterocycles. The zero-order valence-corrected chi connectivity index (χ0v) is 12.5. The van der Waals surface area contributed by atoms with Crippen molar-refractivity contribution in [3.8, 4) is 0 Å². The fourth-order valence-corrected chi connectivity index (χ4v) is 4.72. The molecule has 0 N–H and O–H groups in total. The molecule has 0 nitrogen and oxygen atoms in total. The van der Waals surface area contributed by atoms with E-state index in [0.717, 1.165) is 23.7 Å². The Balaban J connectivity index is 2.06. The van der Waals surface area contributed by atoms with Crippen LogP contribution in [0.2, 0.25) is 0 Å². The molecule has 0 aromatic rings. The molecule has 0 heterocycles. The molecule has 0 aromatic carbocycles. The van der Waals surface area contributed by atoms with Gasteiger partial charge in [-0.2, -0.15) is 0 Å². The molecule has 0 heteroatoms. The Labute approximate surface area is 109 Å². The minimum Gasteiger partial charge on any atom is -0.0625 e. The van der Waals surface area contributed by atoms with Crippen LogP contribution in [0.15, 0.2) is 0 Å². The average Bonchev–Trinajstić information content (AvgIpc) is 2.33. The first-order valence-electron chi connectivity index (χ1n) is 8.01. The van der Waals surface area contributed by atoms with Crippen LogP contribution in [0.3, 0.4) is 0 Å². The Bertz CT molecular complexity index is 234. The van der Waals surface area contributed by atoms with Gasteiger partial charge in [0, 0.05) is 0 Å². The Hall–Kier alpha value is 0. The van der Waals surface area contributed by atoms with Gasteiger partial charge in [-0.3, -0.25) is 0 Å². The maximum Gasteiger partial charge on any atom is -0.0295 e. The van der Waals surface area contributed by atoms with E-state index in [-0.39, 0.29) is 0 Å². The third-order valence-corrected chi connectivity index (χ3v) is 6.07. The van der Waals surface area contributed by atoms with Gasteiger partial charge < -0.3 is 0 Å². The Morgan fingerprint density at radius 2 is 1.47 bits per heavy atom. The van der Waals surface area contributed by atoms with Crippen LogP contribution in [0.4, 0.5) is 0 Å². The summed E-state index contributed by atoms with van der Waals surface area (Å²) in [7, 11) is 0. The summed E-state index contributed by atoms with van der Waals surface area (Å²) in [5.74, 6) is 3.92. The van der Waals surface area contributed by atoms with E-state index in [2.05, 4.69) is 27.7 Å². The molecule has 0 bridgehead atoms. The quantitative estimate of drug-likeness (QED) is 0.580. The molecule has 0 spiro atoms. The maximum atomic E-state index is 2.59. The van der Waals surface area contributed by atoms with Gasteiger partial charge in [0.25, 0.3) is 0 Å². The summed E-state index contributed by atoms with van der Waals surface area (Å²) in [6.45, 7) is 10.2. The molecule has 2 rings (SSSR count). The molecule has 2 aliphatic carbocycles. The predicted octanol–water partition coefficient (Wildman–Crippen LogP) is 5.67. The lowest BCUT2D eigenvalue weighted by molar-refractivity contribution is 0.0125. The van der Waals surface area contributed by atoms with Gasteiger partial charge >= 0.3 is 0 Å². The second kappa shape index (κ2) is 5.33. The lowest BCUT2D eigenvalue weighted by Gasteiger charge is -2.48. The molecule has 0 amide bonds. The van der Waals surface area contributed by atoms with Gasteiger partial charge in [-0.25, -0.2) is 0 Å². The average molecular weight is 236 g/mol. The summed E-state index contributed by atoms with van der Waals surface area (Å²) in [5, 5.41) is 0. The molecular formula is C17H32. The van der Waals surface area contributed by atoms with Crippen molar-refractivity contribution in [2.45, 2.75) is 79.1 Å². The summed E-state index contributed by atoms with van der Waals surface area (Å²) >= 11 is 0. The van der Waals surface area contributed by atoms with Crippen molar-refractivity contribution < 1.29 is 0 Å². The zero-order valence-electron chi connectivity index (χ0n) is 12.5. The molecule has 0 aliphatic heterocycles. The summed E-state index contributed by atoms with van der Waals surface area (Å²) < 4.78 is 0. The summed E-state index contributed by atoms with van der Waals surface area (Å²) in [6, 6.07) is 0. The molecular weight excluding hydrogens is 204 g/mol. The molecule has 3 atom stereocenters. The van der Waals surface area contributed by atoms with Crippen LogP contribution in [-0.4, -0.2) is 0 Å². The van der Waals surface area contributed by atoms with E-state index >= 15 is 0 Å². The van der Waals surface area contributed by atoms with Crippen LogP contribution in [0.5, 0.6) is 0 Å². The fourth-order valence-electron chi connectivity index (χ4n) is 4.72. The Kier molecular flexibility index (Phi) is 4.21.